The number of nitrogens with zero attached hydrogens (tertiary/aromatic N) is 2. The van der Waals surface area contributed by atoms with Gasteiger partial charge in [0.25, 0.3) is 0 Å². The largest absolute Gasteiger partial charge is 0.444 e. The number of aromatic nitrogens is 1. The molecular weight excluding hydrogens is 300 g/mol. The van der Waals surface area contributed by atoms with Gasteiger partial charge in [0.2, 0.25) is 5.89 Å². The van der Waals surface area contributed by atoms with Crippen molar-refractivity contribution in [3.05, 3.63) is 77.7 Å². The second-order valence-electron chi connectivity index (χ2n) is 6.13. The molecule has 0 bridgehead atoms. The number of oxazole rings is 1. The van der Waals surface area contributed by atoms with Gasteiger partial charge in [0.1, 0.15) is 6.26 Å². The van der Waals surface area contributed by atoms with Crippen molar-refractivity contribution in [2.75, 3.05) is 13.2 Å². The zero-order valence-electron chi connectivity index (χ0n) is 13.4. The number of aliphatic hydroxyl groups excluding tert-OH is 1. The Morgan fingerprint density at radius 3 is 2.71 bits per heavy atom. The Morgan fingerprint density at radius 2 is 1.88 bits per heavy atom. The van der Waals surface area contributed by atoms with E-state index in [0.717, 1.165) is 24.2 Å². The molecule has 0 spiro atoms. The molecule has 2 aromatic carbocycles. The predicted octanol–water partition coefficient (Wildman–Crippen LogP) is 3.43. The number of hydrogen-bond donors (Lipinski definition) is 1. The zero-order valence-corrected chi connectivity index (χ0v) is 13.4. The van der Waals surface area contributed by atoms with Crippen LogP contribution in [0.1, 0.15) is 22.9 Å². The first-order valence-corrected chi connectivity index (χ1v) is 8.27. The highest BCUT2D eigenvalue weighted by Crippen LogP contribution is 2.30. The molecule has 3 aromatic rings. The molecule has 122 valence electrons. The minimum atomic E-state index is 0.0202. The highest BCUT2D eigenvalue weighted by molar-refractivity contribution is 5.52. The summed E-state index contributed by atoms with van der Waals surface area (Å²) in [5.41, 5.74) is 4.43. The Kier molecular flexibility index (Phi) is 4.15. The highest BCUT2D eigenvalue weighted by atomic mass is 16.3. The molecule has 0 amide bonds. The summed E-state index contributed by atoms with van der Waals surface area (Å²) < 4.78 is 5.63. The fraction of sp³-hybridized carbons (Fsp3) is 0.250. The molecule has 1 atom stereocenters. The summed E-state index contributed by atoms with van der Waals surface area (Å²) in [6, 6.07) is 18.3. The van der Waals surface area contributed by atoms with Gasteiger partial charge in [0, 0.05) is 18.7 Å². The van der Waals surface area contributed by atoms with Crippen LogP contribution in [0.3, 0.4) is 0 Å². The van der Waals surface area contributed by atoms with Crippen molar-refractivity contribution >= 4 is 0 Å². The van der Waals surface area contributed by atoms with Crippen LogP contribution < -0.4 is 0 Å². The number of hydrogen-bond acceptors (Lipinski definition) is 4. The Balaban J connectivity index is 1.55. The number of aliphatic hydroxyl groups is 1. The number of fused-ring (bicyclic) bond motifs is 1. The van der Waals surface area contributed by atoms with E-state index in [2.05, 4.69) is 28.1 Å². The third-order valence-corrected chi connectivity index (χ3v) is 4.63. The Labute approximate surface area is 141 Å². The van der Waals surface area contributed by atoms with Crippen molar-refractivity contribution in [3.8, 4) is 11.5 Å². The van der Waals surface area contributed by atoms with Gasteiger partial charge in [-0.15, -0.1) is 0 Å². The van der Waals surface area contributed by atoms with E-state index in [1.807, 2.05) is 36.4 Å². The molecule has 2 heterocycles. The summed E-state index contributed by atoms with van der Waals surface area (Å²) in [5, 5.41) is 9.88. The molecule has 0 saturated heterocycles. The van der Waals surface area contributed by atoms with Gasteiger partial charge in [-0.2, -0.15) is 0 Å². The van der Waals surface area contributed by atoms with Gasteiger partial charge >= 0.3 is 0 Å². The molecule has 24 heavy (non-hydrogen) atoms. The quantitative estimate of drug-likeness (QED) is 0.800. The summed E-state index contributed by atoms with van der Waals surface area (Å²) in [5.74, 6) is 0.642. The van der Waals surface area contributed by atoms with Crippen LogP contribution in [0.4, 0.5) is 0 Å². The van der Waals surface area contributed by atoms with E-state index in [1.54, 1.807) is 6.26 Å². The molecule has 0 saturated carbocycles. The molecule has 0 fully saturated rings. The van der Waals surface area contributed by atoms with Crippen molar-refractivity contribution in [2.45, 2.75) is 19.0 Å². The van der Waals surface area contributed by atoms with Gasteiger partial charge in [-0.05, 0) is 29.7 Å². The number of benzene rings is 2. The van der Waals surface area contributed by atoms with Gasteiger partial charge in [-0.3, -0.25) is 4.90 Å². The van der Waals surface area contributed by atoms with Crippen LogP contribution in [-0.2, 0) is 13.0 Å². The van der Waals surface area contributed by atoms with Gasteiger partial charge in [0.15, 0.2) is 0 Å². The Morgan fingerprint density at radius 1 is 1.08 bits per heavy atom. The Bertz CT molecular complexity index is 813. The second kappa shape index (κ2) is 6.59. The minimum absolute atomic E-state index is 0.0202. The van der Waals surface area contributed by atoms with Crippen LogP contribution in [-0.4, -0.2) is 28.1 Å². The lowest BCUT2D eigenvalue weighted by atomic mass is 9.93. The van der Waals surface area contributed by atoms with Crippen LogP contribution in [0.25, 0.3) is 11.5 Å². The highest BCUT2D eigenvalue weighted by Gasteiger charge is 2.27. The lowest BCUT2D eigenvalue weighted by Crippen LogP contribution is -2.36. The first-order valence-electron chi connectivity index (χ1n) is 8.27. The summed E-state index contributed by atoms with van der Waals surface area (Å²) in [4.78, 5) is 6.88. The van der Waals surface area contributed by atoms with Gasteiger partial charge in [-0.25, -0.2) is 4.98 Å². The molecule has 4 heteroatoms. The lowest BCUT2D eigenvalue weighted by Gasteiger charge is -2.35. The van der Waals surface area contributed by atoms with Crippen LogP contribution in [0, 0.1) is 0 Å². The number of rotatable bonds is 4. The monoisotopic (exact) mass is 320 g/mol. The summed E-state index contributed by atoms with van der Waals surface area (Å²) in [6.45, 7) is 1.70. The van der Waals surface area contributed by atoms with E-state index >= 15 is 0 Å². The summed E-state index contributed by atoms with van der Waals surface area (Å²) >= 11 is 0. The fourth-order valence-electron chi connectivity index (χ4n) is 3.41. The average molecular weight is 320 g/mol. The maximum atomic E-state index is 9.88. The molecule has 0 radical (unpaired) electrons. The molecule has 4 nitrogen and oxygen atoms in total. The predicted molar refractivity (Wildman–Crippen MR) is 92.3 cm³/mol. The van der Waals surface area contributed by atoms with Gasteiger partial charge in [0.05, 0.1) is 18.3 Å². The average Bonchev–Trinajstić information content (AvgIpc) is 3.11. The molecule has 4 rings (SSSR count). The van der Waals surface area contributed by atoms with Crippen molar-refractivity contribution in [1.29, 1.82) is 0 Å². The van der Waals surface area contributed by atoms with Crippen LogP contribution in [0.2, 0.25) is 0 Å². The van der Waals surface area contributed by atoms with E-state index in [1.165, 1.54) is 11.1 Å². The molecule has 1 aliphatic heterocycles. The maximum absolute atomic E-state index is 9.88. The van der Waals surface area contributed by atoms with Crippen LogP contribution >= 0.6 is 0 Å². The first-order chi connectivity index (χ1) is 11.8. The van der Waals surface area contributed by atoms with Crippen molar-refractivity contribution in [1.82, 2.24) is 9.88 Å². The smallest absolute Gasteiger partial charge is 0.226 e. The standard InChI is InChI=1S/C20H20N2O2/c23-13-19-18-9-5-4-6-15(18)10-11-22(19)12-17-14-24-20(21-17)16-7-2-1-3-8-16/h1-9,14,19,23H,10-13H2. The molecule has 1 aliphatic rings. The van der Waals surface area contributed by atoms with Gasteiger partial charge in [-0.1, -0.05) is 42.5 Å². The van der Waals surface area contributed by atoms with E-state index in [9.17, 15) is 5.11 Å². The van der Waals surface area contributed by atoms with E-state index in [4.69, 9.17) is 4.42 Å². The van der Waals surface area contributed by atoms with Crippen LogP contribution in [0.15, 0.2) is 65.3 Å². The normalized spacial score (nSPS) is 17.6. The van der Waals surface area contributed by atoms with Crippen molar-refractivity contribution in [3.63, 3.8) is 0 Å². The minimum Gasteiger partial charge on any atom is -0.444 e. The van der Waals surface area contributed by atoms with Crippen LogP contribution in [0.5, 0.6) is 0 Å². The fourth-order valence-corrected chi connectivity index (χ4v) is 3.41. The molecule has 1 unspecified atom stereocenters. The second-order valence-corrected chi connectivity index (χ2v) is 6.13. The third-order valence-electron chi connectivity index (χ3n) is 4.63. The Hall–Kier alpha value is -2.43. The molecule has 1 N–H and O–H groups in total. The molecule has 0 aliphatic carbocycles. The lowest BCUT2D eigenvalue weighted by molar-refractivity contribution is 0.107. The van der Waals surface area contributed by atoms with E-state index in [0.29, 0.717) is 12.4 Å². The SMILES string of the molecule is OCC1c2ccccc2CCN1Cc1coc(-c2ccccc2)n1. The van der Waals surface area contributed by atoms with Gasteiger partial charge < -0.3 is 9.52 Å². The molecule has 1 aromatic heterocycles. The summed E-state index contributed by atoms with van der Waals surface area (Å²) in [7, 11) is 0. The first kappa shape index (κ1) is 15.1. The zero-order chi connectivity index (χ0) is 16.4. The maximum Gasteiger partial charge on any atom is 0.226 e. The topological polar surface area (TPSA) is 49.5 Å². The van der Waals surface area contributed by atoms with Crippen molar-refractivity contribution in [2.24, 2.45) is 0 Å². The third kappa shape index (κ3) is 2.86. The summed E-state index contributed by atoms with van der Waals surface area (Å²) in [6.07, 6.45) is 2.72. The molecular formula is C20H20N2O2. The van der Waals surface area contributed by atoms with E-state index < -0.39 is 0 Å². The van der Waals surface area contributed by atoms with E-state index in [-0.39, 0.29) is 12.6 Å². The van der Waals surface area contributed by atoms with Crippen molar-refractivity contribution < 1.29 is 9.52 Å².